The molecule has 2 aliphatic rings. The summed E-state index contributed by atoms with van der Waals surface area (Å²) in [4.78, 5) is 20.1. The summed E-state index contributed by atoms with van der Waals surface area (Å²) in [5.74, 6) is 0.167. The number of piperazine rings is 1. The van der Waals surface area contributed by atoms with Gasteiger partial charge in [-0.1, -0.05) is 19.1 Å². The van der Waals surface area contributed by atoms with Crippen molar-refractivity contribution in [3.63, 3.8) is 0 Å². The van der Waals surface area contributed by atoms with Gasteiger partial charge in [0, 0.05) is 50.5 Å². The van der Waals surface area contributed by atoms with Crippen LogP contribution in [-0.4, -0.2) is 79.5 Å². The van der Waals surface area contributed by atoms with E-state index in [0.29, 0.717) is 0 Å². The molecular formula is C20H32N4O. The number of benzene rings is 1. The largest absolute Gasteiger partial charge is 0.384 e. The van der Waals surface area contributed by atoms with E-state index in [4.69, 9.17) is 0 Å². The first kappa shape index (κ1) is 18.2. The summed E-state index contributed by atoms with van der Waals surface area (Å²) in [6, 6.07) is 7.91. The zero-order chi connectivity index (χ0) is 17.9. The Morgan fingerprint density at radius 1 is 1.12 bits per heavy atom. The highest BCUT2D eigenvalue weighted by Crippen LogP contribution is 2.32. The Bertz CT molecular complexity index is 595. The van der Waals surface area contributed by atoms with E-state index in [1.807, 2.05) is 29.2 Å². The molecule has 0 unspecified atom stereocenters. The molecule has 1 N–H and O–H groups in total. The standard InChI is InChI=1S/C20H32N4O/c1-4-11-21-18-8-6-5-7-17(18)19(25)24-12-9-20(10-13-24)16-22(2)14-15-23(20)3/h5-8,21H,4,9-16H2,1-3H3. The van der Waals surface area contributed by atoms with Gasteiger partial charge >= 0.3 is 0 Å². The Morgan fingerprint density at radius 2 is 1.84 bits per heavy atom. The summed E-state index contributed by atoms with van der Waals surface area (Å²) in [5, 5.41) is 3.39. The van der Waals surface area contributed by atoms with Crippen LogP contribution in [0.2, 0.25) is 0 Å². The fraction of sp³-hybridized carbons (Fsp3) is 0.650. The lowest BCUT2D eigenvalue weighted by atomic mass is 9.83. The lowest BCUT2D eigenvalue weighted by Gasteiger charge is -2.52. The molecule has 1 aromatic carbocycles. The van der Waals surface area contributed by atoms with E-state index in [1.54, 1.807) is 0 Å². The number of nitrogens with zero attached hydrogens (tertiary/aromatic N) is 3. The van der Waals surface area contributed by atoms with Crippen molar-refractivity contribution in [3.8, 4) is 0 Å². The van der Waals surface area contributed by atoms with Crippen LogP contribution in [0.1, 0.15) is 36.5 Å². The maximum absolute atomic E-state index is 13.1. The third-order valence-electron chi connectivity index (χ3n) is 5.90. The Morgan fingerprint density at radius 3 is 2.56 bits per heavy atom. The van der Waals surface area contributed by atoms with Crippen molar-refractivity contribution < 1.29 is 4.79 Å². The molecule has 0 aromatic heterocycles. The van der Waals surface area contributed by atoms with Crippen molar-refractivity contribution in [2.24, 2.45) is 0 Å². The number of amides is 1. The number of likely N-dealkylation sites (N-methyl/N-ethyl adjacent to an activating group) is 2. The van der Waals surface area contributed by atoms with Crippen molar-refractivity contribution in [3.05, 3.63) is 29.8 Å². The van der Waals surface area contributed by atoms with Gasteiger partial charge in [0.25, 0.3) is 5.91 Å². The molecular weight excluding hydrogens is 312 g/mol. The third kappa shape index (κ3) is 3.82. The van der Waals surface area contributed by atoms with Gasteiger partial charge in [0.1, 0.15) is 0 Å². The topological polar surface area (TPSA) is 38.8 Å². The van der Waals surface area contributed by atoms with Crippen molar-refractivity contribution in [2.45, 2.75) is 31.7 Å². The van der Waals surface area contributed by atoms with Gasteiger partial charge in [-0.2, -0.15) is 0 Å². The monoisotopic (exact) mass is 344 g/mol. The van der Waals surface area contributed by atoms with Gasteiger partial charge in [0.05, 0.1) is 5.56 Å². The van der Waals surface area contributed by atoms with Crippen molar-refractivity contribution in [1.82, 2.24) is 14.7 Å². The zero-order valence-electron chi connectivity index (χ0n) is 15.9. The predicted octanol–water partition coefficient (Wildman–Crippen LogP) is 2.36. The Labute approximate surface area is 152 Å². The summed E-state index contributed by atoms with van der Waals surface area (Å²) in [5.41, 5.74) is 2.01. The molecule has 0 bridgehead atoms. The van der Waals surface area contributed by atoms with Gasteiger partial charge in [0.15, 0.2) is 0 Å². The van der Waals surface area contributed by atoms with E-state index in [2.05, 4.69) is 36.1 Å². The number of likely N-dealkylation sites (tertiary alicyclic amines) is 1. The second-order valence-corrected chi connectivity index (χ2v) is 7.65. The number of anilines is 1. The minimum Gasteiger partial charge on any atom is -0.384 e. The van der Waals surface area contributed by atoms with Crippen LogP contribution in [0.3, 0.4) is 0 Å². The first-order valence-corrected chi connectivity index (χ1v) is 9.58. The van der Waals surface area contributed by atoms with Gasteiger partial charge in [-0.15, -0.1) is 0 Å². The zero-order valence-corrected chi connectivity index (χ0v) is 15.9. The predicted molar refractivity (Wildman–Crippen MR) is 103 cm³/mol. The van der Waals surface area contributed by atoms with Crippen LogP contribution in [0.25, 0.3) is 0 Å². The lowest BCUT2D eigenvalue weighted by Crippen LogP contribution is -2.64. The van der Waals surface area contributed by atoms with Gasteiger partial charge in [-0.3, -0.25) is 9.69 Å². The Kier molecular flexibility index (Phi) is 5.64. The maximum Gasteiger partial charge on any atom is 0.255 e. The van der Waals surface area contributed by atoms with E-state index < -0.39 is 0 Å². The molecule has 1 amide bonds. The molecule has 0 aliphatic carbocycles. The molecule has 5 nitrogen and oxygen atoms in total. The van der Waals surface area contributed by atoms with Crippen molar-refractivity contribution in [1.29, 1.82) is 0 Å². The van der Waals surface area contributed by atoms with E-state index in [0.717, 1.165) is 69.8 Å². The molecule has 2 heterocycles. The highest BCUT2D eigenvalue weighted by molar-refractivity contribution is 5.99. The molecule has 5 heteroatoms. The third-order valence-corrected chi connectivity index (χ3v) is 5.90. The number of hydrogen-bond acceptors (Lipinski definition) is 4. The highest BCUT2D eigenvalue weighted by Gasteiger charge is 2.42. The summed E-state index contributed by atoms with van der Waals surface area (Å²) < 4.78 is 0. The van der Waals surface area contributed by atoms with Crippen LogP contribution >= 0.6 is 0 Å². The Hall–Kier alpha value is -1.59. The number of nitrogens with one attached hydrogen (secondary N) is 1. The summed E-state index contributed by atoms with van der Waals surface area (Å²) in [6.07, 6.45) is 3.17. The number of para-hydroxylation sites is 1. The quantitative estimate of drug-likeness (QED) is 0.910. The van der Waals surface area contributed by atoms with E-state index in [-0.39, 0.29) is 11.4 Å². The molecule has 2 fully saturated rings. The highest BCUT2D eigenvalue weighted by atomic mass is 16.2. The fourth-order valence-electron chi connectivity index (χ4n) is 4.18. The molecule has 0 saturated carbocycles. The van der Waals surface area contributed by atoms with E-state index >= 15 is 0 Å². The molecule has 0 atom stereocenters. The molecule has 1 spiro atoms. The van der Waals surface area contributed by atoms with Crippen LogP contribution < -0.4 is 5.32 Å². The van der Waals surface area contributed by atoms with Gasteiger partial charge in [-0.05, 0) is 45.5 Å². The van der Waals surface area contributed by atoms with E-state index in [9.17, 15) is 4.79 Å². The summed E-state index contributed by atoms with van der Waals surface area (Å²) >= 11 is 0. The molecule has 2 saturated heterocycles. The molecule has 0 radical (unpaired) electrons. The van der Waals surface area contributed by atoms with Crippen LogP contribution in [0.15, 0.2) is 24.3 Å². The SMILES string of the molecule is CCCNc1ccccc1C(=O)N1CCC2(CC1)CN(C)CCN2C. The second-order valence-electron chi connectivity index (χ2n) is 7.65. The van der Waals surface area contributed by atoms with E-state index in [1.165, 1.54) is 0 Å². The molecule has 2 aliphatic heterocycles. The number of piperidine rings is 1. The van der Waals surface area contributed by atoms with Crippen LogP contribution in [0.5, 0.6) is 0 Å². The average molecular weight is 345 g/mol. The second kappa shape index (κ2) is 7.75. The number of hydrogen-bond donors (Lipinski definition) is 1. The normalized spacial score (nSPS) is 21.5. The van der Waals surface area contributed by atoms with Gasteiger partial charge in [-0.25, -0.2) is 0 Å². The number of carbonyl (C=O) groups is 1. The minimum absolute atomic E-state index is 0.167. The molecule has 3 rings (SSSR count). The first-order valence-electron chi connectivity index (χ1n) is 9.58. The Balaban J connectivity index is 1.68. The summed E-state index contributed by atoms with van der Waals surface area (Å²) in [7, 11) is 4.45. The van der Waals surface area contributed by atoms with Crippen LogP contribution in [0.4, 0.5) is 5.69 Å². The molecule has 25 heavy (non-hydrogen) atoms. The lowest BCUT2D eigenvalue weighted by molar-refractivity contribution is -0.0157. The smallest absolute Gasteiger partial charge is 0.255 e. The van der Waals surface area contributed by atoms with Crippen molar-refractivity contribution in [2.75, 3.05) is 58.7 Å². The summed E-state index contributed by atoms with van der Waals surface area (Å²) in [6.45, 7) is 8.09. The minimum atomic E-state index is 0.167. The van der Waals surface area contributed by atoms with Crippen molar-refractivity contribution >= 4 is 11.6 Å². The molecule has 1 aromatic rings. The van der Waals surface area contributed by atoms with Crippen LogP contribution in [0, 0.1) is 0 Å². The van der Waals surface area contributed by atoms with Crippen LogP contribution in [-0.2, 0) is 0 Å². The van der Waals surface area contributed by atoms with Gasteiger partial charge in [0.2, 0.25) is 0 Å². The average Bonchev–Trinajstić information content (AvgIpc) is 2.64. The first-order chi connectivity index (χ1) is 12.1. The van der Waals surface area contributed by atoms with Gasteiger partial charge < -0.3 is 15.1 Å². The number of carbonyl (C=O) groups excluding carboxylic acids is 1. The molecule has 138 valence electrons. The number of rotatable bonds is 4. The maximum atomic E-state index is 13.1. The fourth-order valence-corrected chi connectivity index (χ4v) is 4.18.